The molecule has 1 aromatic rings. The Morgan fingerprint density at radius 3 is 3.04 bits per heavy atom. The molecule has 2 nitrogen and oxygen atoms in total. The summed E-state index contributed by atoms with van der Waals surface area (Å²) in [5.74, 6) is 4.34. The molecule has 4 aliphatic carbocycles. The van der Waals surface area contributed by atoms with Gasteiger partial charge in [-0.15, -0.1) is 0 Å². The van der Waals surface area contributed by atoms with E-state index >= 15 is 0 Å². The van der Waals surface area contributed by atoms with Crippen LogP contribution in [0.15, 0.2) is 22.8 Å². The Kier molecular flexibility index (Phi) is 2.96. The Morgan fingerprint density at radius 1 is 1.26 bits per heavy atom. The van der Waals surface area contributed by atoms with Crippen molar-refractivity contribution in [3.63, 3.8) is 0 Å². The molecule has 3 saturated carbocycles. The minimum Gasteiger partial charge on any atom is -0.465 e. The predicted octanol–water partition coefficient (Wildman–Crippen LogP) is 5.26. The van der Waals surface area contributed by atoms with E-state index in [1.807, 2.05) is 13.4 Å². The first-order valence-corrected chi connectivity index (χ1v) is 9.42. The summed E-state index contributed by atoms with van der Waals surface area (Å²) in [6, 6.07) is 2.23. The van der Waals surface area contributed by atoms with Crippen LogP contribution in [0.5, 0.6) is 0 Å². The molecule has 1 spiro atoms. The lowest BCUT2D eigenvalue weighted by Gasteiger charge is -2.58. The number of methoxy groups -OCH3 is 1. The van der Waals surface area contributed by atoms with Gasteiger partial charge in [-0.25, -0.2) is 0 Å². The molecule has 3 fully saturated rings. The molecule has 0 aromatic carbocycles. The molecule has 0 N–H and O–H groups in total. The third-order valence-corrected chi connectivity index (χ3v) is 8.08. The summed E-state index contributed by atoms with van der Waals surface area (Å²) in [6.45, 7) is 3.51. The van der Waals surface area contributed by atoms with Gasteiger partial charge in [0.25, 0.3) is 0 Å². The lowest BCUT2D eigenvalue weighted by molar-refractivity contribution is -0.0334. The van der Waals surface area contributed by atoms with E-state index in [1.54, 1.807) is 0 Å². The van der Waals surface area contributed by atoms with Crippen LogP contribution in [0.3, 0.4) is 0 Å². The summed E-state index contributed by atoms with van der Waals surface area (Å²) in [5.41, 5.74) is 2.38. The van der Waals surface area contributed by atoms with Crippen molar-refractivity contribution < 1.29 is 9.15 Å². The Morgan fingerprint density at radius 2 is 2.17 bits per heavy atom. The van der Waals surface area contributed by atoms with E-state index in [-0.39, 0.29) is 0 Å². The summed E-state index contributed by atoms with van der Waals surface area (Å²) in [7, 11) is 1.87. The molecule has 2 heteroatoms. The van der Waals surface area contributed by atoms with Crippen LogP contribution in [0.4, 0.5) is 0 Å². The van der Waals surface area contributed by atoms with Gasteiger partial charge in [0.1, 0.15) is 5.76 Å². The number of rotatable bonds is 2. The predicted molar refractivity (Wildman–Crippen MR) is 91.1 cm³/mol. The van der Waals surface area contributed by atoms with Gasteiger partial charge in [0, 0.05) is 19.3 Å². The van der Waals surface area contributed by atoms with Gasteiger partial charge < -0.3 is 9.15 Å². The van der Waals surface area contributed by atoms with Crippen molar-refractivity contribution in [2.75, 3.05) is 13.7 Å². The highest BCUT2D eigenvalue weighted by Crippen LogP contribution is 2.70. The maximum Gasteiger partial charge on any atom is 0.129 e. The highest BCUT2D eigenvalue weighted by Gasteiger charge is 2.61. The molecule has 2 bridgehead atoms. The Hall–Kier alpha value is -1.02. The van der Waals surface area contributed by atoms with Gasteiger partial charge in [-0.2, -0.15) is 0 Å². The maximum absolute atomic E-state index is 5.69. The van der Waals surface area contributed by atoms with E-state index in [2.05, 4.69) is 25.1 Å². The fraction of sp³-hybridized carbons (Fsp3) is 0.714. The van der Waals surface area contributed by atoms with Gasteiger partial charge in [-0.05, 0) is 85.2 Å². The monoisotopic (exact) mass is 312 g/mol. The second-order valence-corrected chi connectivity index (χ2v) is 8.91. The molecule has 6 unspecified atom stereocenters. The fourth-order valence-electron chi connectivity index (χ4n) is 7.25. The van der Waals surface area contributed by atoms with Crippen LogP contribution in [-0.2, 0) is 4.74 Å². The Balaban J connectivity index is 1.53. The molecule has 1 heterocycles. The van der Waals surface area contributed by atoms with E-state index in [9.17, 15) is 0 Å². The molecule has 23 heavy (non-hydrogen) atoms. The Labute approximate surface area is 139 Å². The zero-order valence-electron chi connectivity index (χ0n) is 14.4. The molecule has 5 rings (SSSR count). The summed E-state index contributed by atoms with van der Waals surface area (Å²) in [5, 5.41) is 0. The van der Waals surface area contributed by atoms with Gasteiger partial charge in [0.05, 0.1) is 6.26 Å². The van der Waals surface area contributed by atoms with E-state index in [0.29, 0.717) is 16.7 Å². The van der Waals surface area contributed by atoms with Crippen molar-refractivity contribution in [1.29, 1.82) is 0 Å². The zero-order valence-corrected chi connectivity index (χ0v) is 14.4. The van der Waals surface area contributed by atoms with Crippen LogP contribution in [0.2, 0.25) is 0 Å². The molecular formula is C21H28O2. The number of fused-ring (bicyclic) bond motifs is 5. The number of hydrogen-bond donors (Lipinski definition) is 0. The highest BCUT2D eigenvalue weighted by atomic mass is 16.5. The van der Waals surface area contributed by atoms with Gasteiger partial charge in [-0.3, -0.25) is 0 Å². The van der Waals surface area contributed by atoms with Crippen LogP contribution >= 0.6 is 0 Å². The molecule has 0 saturated heterocycles. The average molecular weight is 312 g/mol. The first kappa shape index (κ1) is 14.3. The minimum atomic E-state index is 0.321. The highest BCUT2D eigenvalue weighted by molar-refractivity contribution is 5.55. The molecule has 0 radical (unpaired) electrons. The standard InChI is InChI=1S/C21H28O2/c1-20-8-6-18-16(7-10-23-18)17(20)5-9-21-11-14(3-4-19(20)21)15(12-21)13-22-2/h6-8,10,14-15,17,19H,3-5,9,11-13H2,1-2H3. The second-order valence-electron chi connectivity index (χ2n) is 8.91. The van der Waals surface area contributed by atoms with Crippen molar-refractivity contribution in [1.82, 2.24) is 0 Å². The molecule has 4 aliphatic rings. The summed E-state index contributed by atoms with van der Waals surface area (Å²) < 4.78 is 11.2. The van der Waals surface area contributed by atoms with E-state index in [0.717, 1.165) is 30.1 Å². The maximum atomic E-state index is 5.69. The number of hydrogen-bond acceptors (Lipinski definition) is 2. The molecule has 124 valence electrons. The van der Waals surface area contributed by atoms with Crippen LogP contribution < -0.4 is 0 Å². The lowest BCUT2D eigenvalue weighted by Crippen LogP contribution is -2.49. The SMILES string of the molecule is COCC1CC23CCC4c5ccoc5C=CC4(C)C2CCC1C3. The minimum absolute atomic E-state index is 0.321. The van der Waals surface area contributed by atoms with Gasteiger partial charge in [0.2, 0.25) is 0 Å². The van der Waals surface area contributed by atoms with E-state index in [4.69, 9.17) is 9.15 Å². The van der Waals surface area contributed by atoms with Crippen molar-refractivity contribution in [2.24, 2.45) is 28.6 Å². The first-order chi connectivity index (χ1) is 11.2. The number of ether oxygens (including phenoxy) is 1. The third-order valence-electron chi connectivity index (χ3n) is 8.08. The molecule has 0 aliphatic heterocycles. The van der Waals surface area contributed by atoms with Crippen LogP contribution in [0, 0.1) is 28.6 Å². The van der Waals surface area contributed by atoms with Crippen molar-refractivity contribution in [3.8, 4) is 0 Å². The first-order valence-electron chi connectivity index (χ1n) is 9.42. The molecule has 6 atom stereocenters. The quantitative estimate of drug-likeness (QED) is 0.743. The van der Waals surface area contributed by atoms with Crippen LogP contribution in [0.1, 0.15) is 62.7 Å². The lowest BCUT2D eigenvalue weighted by atomic mass is 9.46. The summed E-state index contributed by atoms with van der Waals surface area (Å²) >= 11 is 0. The van der Waals surface area contributed by atoms with E-state index in [1.165, 1.54) is 44.1 Å². The van der Waals surface area contributed by atoms with Crippen LogP contribution in [0.25, 0.3) is 6.08 Å². The average Bonchev–Trinajstić information content (AvgIpc) is 3.10. The van der Waals surface area contributed by atoms with Gasteiger partial charge >= 0.3 is 0 Å². The second kappa shape index (κ2) is 4.75. The summed E-state index contributed by atoms with van der Waals surface area (Å²) in [6.07, 6.45) is 15.1. The number of allylic oxidation sites excluding steroid dienone is 1. The zero-order chi connectivity index (χ0) is 15.7. The molecular weight excluding hydrogens is 284 g/mol. The topological polar surface area (TPSA) is 22.4 Å². The van der Waals surface area contributed by atoms with E-state index < -0.39 is 0 Å². The van der Waals surface area contributed by atoms with Crippen molar-refractivity contribution >= 4 is 6.08 Å². The van der Waals surface area contributed by atoms with Gasteiger partial charge in [-0.1, -0.05) is 13.0 Å². The molecule has 0 amide bonds. The third kappa shape index (κ3) is 1.79. The summed E-state index contributed by atoms with van der Waals surface area (Å²) in [4.78, 5) is 0. The van der Waals surface area contributed by atoms with Gasteiger partial charge in [0.15, 0.2) is 0 Å². The largest absolute Gasteiger partial charge is 0.465 e. The molecule has 1 aromatic heterocycles. The van der Waals surface area contributed by atoms with Crippen molar-refractivity contribution in [2.45, 2.75) is 51.4 Å². The van der Waals surface area contributed by atoms with Crippen LogP contribution in [-0.4, -0.2) is 13.7 Å². The van der Waals surface area contributed by atoms with Crippen molar-refractivity contribution in [3.05, 3.63) is 29.7 Å². The number of furan rings is 1. The smallest absolute Gasteiger partial charge is 0.129 e. The fourth-order valence-corrected chi connectivity index (χ4v) is 7.25. The Bertz CT molecular complexity index is 644. The normalized spacial score (nSPS) is 47.0.